The predicted molar refractivity (Wildman–Crippen MR) is 52.7 cm³/mol. The fourth-order valence-electron chi connectivity index (χ4n) is 1.46. The highest BCUT2D eigenvalue weighted by Crippen LogP contribution is 2.16. The molecule has 14 heavy (non-hydrogen) atoms. The standard InChI is InChI=1S/C11H21O3/c1-8(2)4-5-10(12)11-13-6-9(3)7-14-11/h8-11H,4-7H2,1-3H3/q-1. The van der Waals surface area contributed by atoms with Crippen molar-refractivity contribution in [3.05, 3.63) is 0 Å². The van der Waals surface area contributed by atoms with Crippen molar-refractivity contribution in [2.24, 2.45) is 11.8 Å². The first-order chi connectivity index (χ1) is 6.59. The Labute approximate surface area is 86.4 Å². The van der Waals surface area contributed by atoms with Crippen molar-refractivity contribution < 1.29 is 14.6 Å². The van der Waals surface area contributed by atoms with Gasteiger partial charge in [0.25, 0.3) is 0 Å². The molecule has 0 amide bonds. The number of hydrogen-bond donors (Lipinski definition) is 0. The lowest BCUT2D eigenvalue weighted by atomic mass is 10.0. The van der Waals surface area contributed by atoms with Crippen LogP contribution in [0.4, 0.5) is 0 Å². The third-order valence-electron chi connectivity index (χ3n) is 2.42. The van der Waals surface area contributed by atoms with E-state index in [-0.39, 0.29) is 0 Å². The Kier molecular flexibility index (Phi) is 4.85. The molecule has 0 bridgehead atoms. The summed E-state index contributed by atoms with van der Waals surface area (Å²) >= 11 is 0. The van der Waals surface area contributed by atoms with Crippen LogP contribution in [0.25, 0.3) is 0 Å². The highest BCUT2D eigenvalue weighted by Gasteiger charge is 2.20. The molecule has 1 saturated heterocycles. The van der Waals surface area contributed by atoms with E-state index in [0.29, 0.717) is 31.5 Å². The SMILES string of the molecule is CC(C)CCC([O-])C1OCC(C)CO1. The Balaban J connectivity index is 2.20. The molecule has 0 N–H and O–H groups in total. The van der Waals surface area contributed by atoms with Crippen LogP contribution in [0.5, 0.6) is 0 Å². The fourth-order valence-corrected chi connectivity index (χ4v) is 1.46. The van der Waals surface area contributed by atoms with E-state index in [9.17, 15) is 5.11 Å². The van der Waals surface area contributed by atoms with Gasteiger partial charge in [-0.1, -0.05) is 39.7 Å². The van der Waals surface area contributed by atoms with Crippen LogP contribution < -0.4 is 5.11 Å². The summed E-state index contributed by atoms with van der Waals surface area (Å²) in [6, 6.07) is 0. The Morgan fingerprint density at radius 2 is 1.79 bits per heavy atom. The van der Waals surface area contributed by atoms with Gasteiger partial charge in [-0.15, -0.1) is 0 Å². The van der Waals surface area contributed by atoms with E-state index in [4.69, 9.17) is 9.47 Å². The van der Waals surface area contributed by atoms with E-state index in [2.05, 4.69) is 20.8 Å². The number of hydrogen-bond acceptors (Lipinski definition) is 3. The molecular formula is C11H21O3-. The maximum atomic E-state index is 11.6. The van der Waals surface area contributed by atoms with E-state index in [1.165, 1.54) is 0 Å². The van der Waals surface area contributed by atoms with Gasteiger partial charge in [0.2, 0.25) is 0 Å². The van der Waals surface area contributed by atoms with Gasteiger partial charge in [0, 0.05) is 5.92 Å². The van der Waals surface area contributed by atoms with Crippen molar-refractivity contribution in [3.8, 4) is 0 Å². The average Bonchev–Trinajstić information content (AvgIpc) is 2.15. The van der Waals surface area contributed by atoms with Crippen molar-refractivity contribution in [3.63, 3.8) is 0 Å². The van der Waals surface area contributed by atoms with E-state index in [1.54, 1.807) is 0 Å². The molecule has 1 heterocycles. The first-order valence-corrected chi connectivity index (χ1v) is 5.48. The first kappa shape index (κ1) is 12.0. The maximum absolute atomic E-state index is 11.6. The second-order valence-electron chi connectivity index (χ2n) is 4.65. The van der Waals surface area contributed by atoms with Crippen LogP contribution in [0.15, 0.2) is 0 Å². The van der Waals surface area contributed by atoms with Crippen molar-refractivity contribution in [1.82, 2.24) is 0 Å². The van der Waals surface area contributed by atoms with Crippen LogP contribution in [0.2, 0.25) is 0 Å². The van der Waals surface area contributed by atoms with Gasteiger partial charge in [-0.05, 0) is 5.92 Å². The molecule has 0 aromatic carbocycles. The summed E-state index contributed by atoms with van der Waals surface area (Å²) in [6.45, 7) is 7.62. The lowest BCUT2D eigenvalue weighted by molar-refractivity contribution is -0.470. The Morgan fingerprint density at radius 1 is 1.21 bits per heavy atom. The molecule has 0 saturated carbocycles. The molecule has 1 rings (SSSR count). The number of rotatable bonds is 4. The molecule has 84 valence electrons. The molecule has 3 nitrogen and oxygen atoms in total. The summed E-state index contributed by atoms with van der Waals surface area (Å²) in [6.07, 6.45) is 0.374. The largest absolute Gasteiger partial charge is 0.848 e. The van der Waals surface area contributed by atoms with Crippen molar-refractivity contribution in [1.29, 1.82) is 0 Å². The van der Waals surface area contributed by atoms with Crippen LogP contribution >= 0.6 is 0 Å². The molecule has 1 fully saturated rings. The van der Waals surface area contributed by atoms with Crippen molar-refractivity contribution in [2.75, 3.05) is 13.2 Å². The second-order valence-corrected chi connectivity index (χ2v) is 4.65. The van der Waals surface area contributed by atoms with E-state index >= 15 is 0 Å². The molecule has 1 atom stereocenters. The fraction of sp³-hybridized carbons (Fsp3) is 1.00. The Bertz CT molecular complexity index is 151. The zero-order valence-corrected chi connectivity index (χ0v) is 9.36. The molecule has 1 unspecified atom stereocenters. The van der Waals surface area contributed by atoms with Crippen LogP contribution in [0, 0.1) is 11.8 Å². The van der Waals surface area contributed by atoms with Crippen LogP contribution in [-0.2, 0) is 9.47 Å². The zero-order valence-electron chi connectivity index (χ0n) is 9.36. The predicted octanol–water partition coefficient (Wildman–Crippen LogP) is 1.16. The minimum Gasteiger partial charge on any atom is -0.848 e. The average molecular weight is 201 g/mol. The van der Waals surface area contributed by atoms with Crippen LogP contribution in [0.3, 0.4) is 0 Å². The van der Waals surface area contributed by atoms with Crippen LogP contribution in [0.1, 0.15) is 33.6 Å². The molecule has 0 aromatic heterocycles. The van der Waals surface area contributed by atoms with Gasteiger partial charge >= 0.3 is 0 Å². The van der Waals surface area contributed by atoms with Crippen molar-refractivity contribution >= 4 is 0 Å². The topological polar surface area (TPSA) is 41.5 Å². The minimum absolute atomic E-state index is 0.420. The van der Waals surface area contributed by atoms with Gasteiger partial charge < -0.3 is 14.6 Å². The molecule has 3 heteroatoms. The molecule has 0 aliphatic carbocycles. The molecule has 0 radical (unpaired) electrons. The summed E-state index contributed by atoms with van der Waals surface area (Å²) in [7, 11) is 0. The lowest BCUT2D eigenvalue weighted by Gasteiger charge is -2.36. The van der Waals surface area contributed by atoms with Gasteiger partial charge in [-0.3, -0.25) is 0 Å². The summed E-state index contributed by atoms with van der Waals surface area (Å²) < 4.78 is 10.7. The van der Waals surface area contributed by atoms with Gasteiger partial charge in [0.15, 0.2) is 0 Å². The third-order valence-corrected chi connectivity index (χ3v) is 2.42. The number of ether oxygens (including phenoxy) is 2. The van der Waals surface area contributed by atoms with Crippen LogP contribution in [-0.4, -0.2) is 25.6 Å². The Morgan fingerprint density at radius 3 is 2.29 bits per heavy atom. The molecular weight excluding hydrogens is 180 g/mol. The highest BCUT2D eigenvalue weighted by molar-refractivity contribution is 4.65. The summed E-state index contributed by atoms with van der Waals surface area (Å²) in [5, 5.41) is 11.6. The second kappa shape index (κ2) is 5.69. The molecule has 1 aliphatic rings. The quantitative estimate of drug-likeness (QED) is 0.685. The smallest absolute Gasteiger partial charge is 0.145 e. The zero-order chi connectivity index (χ0) is 10.6. The monoisotopic (exact) mass is 201 g/mol. The molecule has 0 spiro atoms. The maximum Gasteiger partial charge on any atom is 0.145 e. The molecule has 0 aromatic rings. The normalized spacial score (nSPS) is 30.6. The minimum atomic E-state index is -0.718. The van der Waals surface area contributed by atoms with Gasteiger partial charge in [0.05, 0.1) is 13.2 Å². The highest BCUT2D eigenvalue weighted by atomic mass is 16.7. The summed E-state index contributed by atoms with van der Waals surface area (Å²) in [5.74, 6) is 0.998. The van der Waals surface area contributed by atoms with Crippen molar-refractivity contribution in [2.45, 2.75) is 46.0 Å². The van der Waals surface area contributed by atoms with E-state index < -0.39 is 12.4 Å². The van der Waals surface area contributed by atoms with E-state index in [1.807, 2.05) is 0 Å². The summed E-state index contributed by atoms with van der Waals surface area (Å²) in [4.78, 5) is 0. The summed E-state index contributed by atoms with van der Waals surface area (Å²) in [5.41, 5.74) is 0. The lowest BCUT2D eigenvalue weighted by Crippen LogP contribution is -2.46. The van der Waals surface area contributed by atoms with E-state index in [0.717, 1.165) is 6.42 Å². The Hall–Kier alpha value is -0.120. The van der Waals surface area contributed by atoms with Gasteiger partial charge in [0.1, 0.15) is 6.29 Å². The first-order valence-electron chi connectivity index (χ1n) is 5.48. The van der Waals surface area contributed by atoms with Gasteiger partial charge in [-0.25, -0.2) is 0 Å². The molecule has 1 aliphatic heterocycles. The van der Waals surface area contributed by atoms with Gasteiger partial charge in [-0.2, -0.15) is 0 Å². The third kappa shape index (κ3) is 3.95.